The van der Waals surface area contributed by atoms with Gasteiger partial charge in [0.05, 0.1) is 11.3 Å². The van der Waals surface area contributed by atoms with Crippen molar-refractivity contribution in [3.8, 4) is 0 Å². The van der Waals surface area contributed by atoms with Crippen LogP contribution in [0, 0.1) is 5.82 Å². The van der Waals surface area contributed by atoms with Crippen LogP contribution in [-0.2, 0) is 0 Å². The van der Waals surface area contributed by atoms with Crippen LogP contribution in [0.15, 0.2) is 66.9 Å². The maximum Gasteiger partial charge on any atom is 0.284 e. The van der Waals surface area contributed by atoms with Crippen molar-refractivity contribution in [3.05, 3.63) is 89.5 Å². The van der Waals surface area contributed by atoms with E-state index in [9.17, 15) is 18.8 Å². The summed E-state index contributed by atoms with van der Waals surface area (Å²) in [7, 11) is 0. The highest BCUT2D eigenvalue weighted by atomic mass is 19.1. The van der Waals surface area contributed by atoms with E-state index in [-0.39, 0.29) is 11.3 Å². The number of benzene rings is 2. The van der Waals surface area contributed by atoms with Crippen LogP contribution in [0.25, 0.3) is 0 Å². The van der Waals surface area contributed by atoms with Crippen molar-refractivity contribution in [2.75, 3.05) is 10.2 Å². The second-order valence-corrected chi connectivity index (χ2v) is 5.85. The monoisotopic (exact) mass is 361 g/mol. The number of fused-ring (bicyclic) bond motifs is 1. The first kappa shape index (κ1) is 16.6. The van der Waals surface area contributed by atoms with Gasteiger partial charge in [-0.25, -0.2) is 9.29 Å². The molecule has 0 radical (unpaired) electrons. The van der Waals surface area contributed by atoms with Crippen LogP contribution in [0.5, 0.6) is 0 Å². The highest BCUT2D eigenvalue weighted by Crippen LogP contribution is 2.28. The number of imide groups is 1. The zero-order valence-corrected chi connectivity index (χ0v) is 13.8. The Balaban J connectivity index is 1.53. The summed E-state index contributed by atoms with van der Waals surface area (Å²) in [5.41, 5.74) is 1.55. The van der Waals surface area contributed by atoms with Gasteiger partial charge in [-0.1, -0.05) is 0 Å². The molecule has 1 N–H and O–H groups in total. The number of carbonyl (C=O) groups is 3. The second-order valence-electron chi connectivity index (χ2n) is 5.85. The van der Waals surface area contributed by atoms with Gasteiger partial charge in [-0.3, -0.25) is 19.4 Å². The molecule has 6 nitrogen and oxygen atoms in total. The predicted octanol–water partition coefficient (Wildman–Crippen LogP) is 3.27. The number of halogens is 1. The molecule has 3 amide bonds. The standard InChI is InChI=1S/C20H12FN3O3/c21-13-5-3-12(4-6-13)18(25)23-14-7-9-15(10-8-14)24-19(26)16-2-1-11-22-17(16)20(24)27/h1-11H,(H,23,25). The average molecular weight is 361 g/mol. The third-order valence-electron chi connectivity index (χ3n) is 4.14. The molecule has 1 aliphatic rings. The molecule has 0 fully saturated rings. The number of hydrogen-bond donors (Lipinski definition) is 1. The SMILES string of the molecule is O=C(Nc1ccc(N2C(=O)c3cccnc3C2=O)cc1)c1ccc(F)cc1. The van der Waals surface area contributed by atoms with Crippen LogP contribution in [0.4, 0.5) is 15.8 Å². The van der Waals surface area contributed by atoms with Crippen LogP contribution in [0.3, 0.4) is 0 Å². The lowest BCUT2D eigenvalue weighted by molar-refractivity contribution is 0.0923. The molecule has 132 valence electrons. The lowest BCUT2D eigenvalue weighted by Crippen LogP contribution is -2.29. The molecule has 2 aromatic carbocycles. The number of hydrogen-bond acceptors (Lipinski definition) is 4. The quantitative estimate of drug-likeness (QED) is 0.726. The highest BCUT2D eigenvalue weighted by Gasteiger charge is 2.37. The summed E-state index contributed by atoms with van der Waals surface area (Å²) in [5, 5.41) is 2.67. The summed E-state index contributed by atoms with van der Waals surface area (Å²) in [5.74, 6) is -1.75. The van der Waals surface area contributed by atoms with E-state index in [1.54, 1.807) is 36.4 Å². The molecule has 0 atom stereocenters. The first-order chi connectivity index (χ1) is 13.0. The molecule has 4 rings (SSSR count). The molecule has 0 unspecified atom stereocenters. The summed E-state index contributed by atoms with van der Waals surface area (Å²) >= 11 is 0. The number of pyridine rings is 1. The maximum atomic E-state index is 12.9. The fourth-order valence-electron chi connectivity index (χ4n) is 2.80. The number of aromatic nitrogens is 1. The third kappa shape index (κ3) is 2.95. The first-order valence-corrected chi connectivity index (χ1v) is 8.05. The lowest BCUT2D eigenvalue weighted by Gasteiger charge is -2.14. The Labute approximate surface area is 153 Å². The van der Waals surface area contributed by atoms with Gasteiger partial charge in [0.25, 0.3) is 17.7 Å². The molecule has 7 heteroatoms. The minimum Gasteiger partial charge on any atom is -0.322 e. The normalized spacial score (nSPS) is 12.9. The van der Waals surface area contributed by atoms with Crippen molar-refractivity contribution in [3.63, 3.8) is 0 Å². The van der Waals surface area contributed by atoms with E-state index in [0.29, 0.717) is 16.9 Å². The Hall–Kier alpha value is -3.87. The Morgan fingerprint density at radius 1 is 0.926 bits per heavy atom. The molecule has 1 aliphatic heterocycles. The Morgan fingerprint density at radius 2 is 1.63 bits per heavy atom. The van der Waals surface area contributed by atoms with Gasteiger partial charge < -0.3 is 5.32 Å². The first-order valence-electron chi connectivity index (χ1n) is 8.05. The maximum absolute atomic E-state index is 12.9. The third-order valence-corrected chi connectivity index (χ3v) is 4.14. The second kappa shape index (κ2) is 6.45. The number of carbonyl (C=O) groups excluding carboxylic acids is 3. The van der Waals surface area contributed by atoms with Gasteiger partial charge in [0, 0.05) is 17.4 Å². The molecule has 27 heavy (non-hydrogen) atoms. The smallest absolute Gasteiger partial charge is 0.284 e. The van der Waals surface area contributed by atoms with Crippen LogP contribution in [0.1, 0.15) is 31.2 Å². The van der Waals surface area contributed by atoms with Crippen molar-refractivity contribution in [1.29, 1.82) is 0 Å². The summed E-state index contributed by atoms with van der Waals surface area (Å²) in [6, 6.07) is 14.6. The van der Waals surface area contributed by atoms with E-state index in [1.807, 2.05) is 0 Å². The zero-order valence-electron chi connectivity index (χ0n) is 13.8. The van der Waals surface area contributed by atoms with Crippen molar-refractivity contribution in [2.24, 2.45) is 0 Å². The molecule has 0 spiro atoms. The number of anilines is 2. The summed E-state index contributed by atoms with van der Waals surface area (Å²) in [4.78, 5) is 42.0. The molecule has 0 bridgehead atoms. The van der Waals surface area contributed by atoms with Crippen LogP contribution < -0.4 is 10.2 Å². The van der Waals surface area contributed by atoms with E-state index < -0.39 is 23.5 Å². The van der Waals surface area contributed by atoms with E-state index in [1.165, 1.54) is 30.5 Å². The minimum atomic E-state index is -0.487. The Morgan fingerprint density at radius 3 is 2.30 bits per heavy atom. The van der Waals surface area contributed by atoms with Crippen LogP contribution in [-0.4, -0.2) is 22.7 Å². The van der Waals surface area contributed by atoms with Gasteiger partial charge in [-0.15, -0.1) is 0 Å². The predicted molar refractivity (Wildman–Crippen MR) is 96.2 cm³/mol. The number of nitrogens with zero attached hydrogens (tertiary/aromatic N) is 2. The van der Waals surface area contributed by atoms with Crippen LogP contribution >= 0.6 is 0 Å². The number of nitrogens with one attached hydrogen (secondary N) is 1. The van der Waals surface area contributed by atoms with E-state index >= 15 is 0 Å². The highest BCUT2D eigenvalue weighted by molar-refractivity contribution is 6.33. The molecular formula is C20H12FN3O3. The van der Waals surface area contributed by atoms with Crippen LogP contribution in [0.2, 0.25) is 0 Å². The minimum absolute atomic E-state index is 0.121. The fraction of sp³-hybridized carbons (Fsp3) is 0. The molecule has 0 aliphatic carbocycles. The summed E-state index contributed by atoms with van der Waals surface area (Å²) < 4.78 is 12.9. The van der Waals surface area contributed by atoms with E-state index in [2.05, 4.69) is 10.3 Å². The number of rotatable bonds is 3. The van der Waals surface area contributed by atoms with Crippen molar-refractivity contribution < 1.29 is 18.8 Å². The van der Waals surface area contributed by atoms with E-state index in [4.69, 9.17) is 0 Å². The van der Waals surface area contributed by atoms with Gasteiger partial charge >= 0.3 is 0 Å². The van der Waals surface area contributed by atoms with Gasteiger partial charge in [0.1, 0.15) is 11.5 Å². The molecule has 1 aromatic heterocycles. The average Bonchev–Trinajstić information content (AvgIpc) is 2.94. The van der Waals surface area contributed by atoms with Gasteiger partial charge in [-0.2, -0.15) is 0 Å². The molecular weight excluding hydrogens is 349 g/mol. The van der Waals surface area contributed by atoms with Crippen molar-refractivity contribution >= 4 is 29.1 Å². The summed E-state index contributed by atoms with van der Waals surface area (Å²) in [6.45, 7) is 0. The van der Waals surface area contributed by atoms with Crippen molar-refractivity contribution in [1.82, 2.24) is 4.98 Å². The fourth-order valence-corrected chi connectivity index (χ4v) is 2.80. The summed E-state index contributed by atoms with van der Waals surface area (Å²) in [6.07, 6.45) is 1.46. The molecule has 0 saturated carbocycles. The van der Waals surface area contributed by atoms with E-state index in [0.717, 1.165) is 4.90 Å². The Bertz CT molecular complexity index is 1030. The van der Waals surface area contributed by atoms with Gasteiger partial charge in [-0.05, 0) is 60.7 Å². The van der Waals surface area contributed by atoms with Crippen molar-refractivity contribution in [2.45, 2.75) is 0 Å². The molecule has 0 saturated heterocycles. The topological polar surface area (TPSA) is 79.4 Å². The molecule has 2 heterocycles. The number of amides is 3. The molecule has 3 aromatic rings. The van der Waals surface area contributed by atoms with Gasteiger partial charge in [0.2, 0.25) is 0 Å². The Kier molecular flexibility index (Phi) is 3.97. The van der Waals surface area contributed by atoms with Gasteiger partial charge in [0.15, 0.2) is 0 Å². The zero-order chi connectivity index (χ0) is 19.0. The largest absolute Gasteiger partial charge is 0.322 e. The lowest BCUT2D eigenvalue weighted by atomic mass is 10.2.